The summed E-state index contributed by atoms with van der Waals surface area (Å²) >= 11 is 5.93. The van der Waals surface area contributed by atoms with Crippen molar-refractivity contribution in [2.75, 3.05) is 0 Å². The molecule has 0 bridgehead atoms. The Morgan fingerprint density at radius 3 is 2.19 bits per heavy atom. The van der Waals surface area contributed by atoms with Crippen LogP contribution in [-0.4, -0.2) is 5.11 Å². The first-order chi connectivity index (χ1) is 7.78. The van der Waals surface area contributed by atoms with Crippen molar-refractivity contribution >= 4 is 11.6 Å². The minimum absolute atomic E-state index is 0.0947. The van der Waals surface area contributed by atoms with E-state index in [1.165, 1.54) is 11.1 Å². The maximum atomic E-state index is 8.94. The van der Waals surface area contributed by atoms with E-state index in [2.05, 4.69) is 6.07 Å². The van der Waals surface area contributed by atoms with Gasteiger partial charge in [-0.25, -0.2) is 0 Å². The second kappa shape index (κ2) is 5.15. The van der Waals surface area contributed by atoms with Crippen LogP contribution in [0.3, 0.4) is 0 Å². The van der Waals surface area contributed by atoms with Crippen molar-refractivity contribution in [2.24, 2.45) is 0 Å². The van der Waals surface area contributed by atoms with Crippen LogP contribution in [0.4, 0.5) is 0 Å². The Hall–Kier alpha value is -1.31. The fraction of sp³-hybridized carbons (Fsp3) is 0.143. The van der Waals surface area contributed by atoms with Crippen molar-refractivity contribution in [3.8, 4) is 0 Å². The summed E-state index contributed by atoms with van der Waals surface area (Å²) in [5, 5.41) is 9.71. The van der Waals surface area contributed by atoms with Gasteiger partial charge in [0, 0.05) is 5.02 Å². The van der Waals surface area contributed by atoms with E-state index in [9.17, 15) is 0 Å². The third-order valence-electron chi connectivity index (χ3n) is 2.50. The van der Waals surface area contributed by atoms with E-state index >= 15 is 0 Å². The van der Waals surface area contributed by atoms with E-state index in [-0.39, 0.29) is 6.61 Å². The van der Waals surface area contributed by atoms with E-state index in [1.807, 2.05) is 42.5 Å². The molecule has 0 atom stereocenters. The van der Waals surface area contributed by atoms with Crippen molar-refractivity contribution in [2.45, 2.75) is 13.0 Å². The number of hydrogen-bond donors (Lipinski definition) is 1. The third kappa shape index (κ3) is 2.84. The highest BCUT2D eigenvalue weighted by molar-refractivity contribution is 6.30. The minimum Gasteiger partial charge on any atom is -0.392 e. The Morgan fingerprint density at radius 1 is 0.875 bits per heavy atom. The maximum Gasteiger partial charge on any atom is 0.0681 e. The second-order valence-corrected chi connectivity index (χ2v) is 4.22. The van der Waals surface area contributed by atoms with Crippen LogP contribution in [0, 0.1) is 0 Å². The zero-order valence-electron chi connectivity index (χ0n) is 8.86. The van der Waals surface area contributed by atoms with E-state index in [4.69, 9.17) is 16.7 Å². The molecule has 0 saturated carbocycles. The van der Waals surface area contributed by atoms with Gasteiger partial charge >= 0.3 is 0 Å². The molecule has 2 aromatic rings. The molecule has 1 N–H and O–H groups in total. The van der Waals surface area contributed by atoms with Crippen LogP contribution in [0.1, 0.15) is 16.7 Å². The molecule has 0 aromatic heterocycles. The monoisotopic (exact) mass is 232 g/mol. The van der Waals surface area contributed by atoms with Crippen LogP contribution in [-0.2, 0) is 13.0 Å². The van der Waals surface area contributed by atoms with Crippen molar-refractivity contribution < 1.29 is 5.11 Å². The molecule has 0 aliphatic rings. The summed E-state index contributed by atoms with van der Waals surface area (Å²) in [5.41, 5.74) is 3.36. The van der Waals surface area contributed by atoms with Gasteiger partial charge in [-0.2, -0.15) is 0 Å². The fourth-order valence-corrected chi connectivity index (χ4v) is 1.86. The number of benzene rings is 2. The van der Waals surface area contributed by atoms with Gasteiger partial charge in [0.25, 0.3) is 0 Å². The number of halogens is 1. The Bertz CT molecular complexity index is 462. The first kappa shape index (κ1) is 11.2. The number of rotatable bonds is 3. The molecule has 1 nitrogen and oxygen atoms in total. The molecule has 0 spiro atoms. The molecule has 0 aliphatic heterocycles. The number of hydrogen-bond acceptors (Lipinski definition) is 1. The quantitative estimate of drug-likeness (QED) is 0.860. The van der Waals surface area contributed by atoms with Crippen LogP contribution in [0.15, 0.2) is 48.5 Å². The summed E-state index contributed by atoms with van der Waals surface area (Å²) < 4.78 is 0. The number of aliphatic hydroxyl groups excluding tert-OH is 1. The van der Waals surface area contributed by atoms with Crippen molar-refractivity contribution in [1.29, 1.82) is 0 Å². The lowest BCUT2D eigenvalue weighted by atomic mass is 10.0. The molecule has 0 aliphatic carbocycles. The van der Waals surface area contributed by atoms with Gasteiger partial charge in [0.05, 0.1) is 6.61 Å². The van der Waals surface area contributed by atoms with Crippen molar-refractivity contribution in [3.05, 3.63) is 70.2 Å². The fourth-order valence-electron chi connectivity index (χ4n) is 1.65. The molecule has 0 radical (unpaired) electrons. The highest BCUT2D eigenvalue weighted by atomic mass is 35.5. The zero-order chi connectivity index (χ0) is 11.4. The van der Waals surface area contributed by atoms with Gasteiger partial charge < -0.3 is 5.11 Å². The molecule has 0 fully saturated rings. The average Bonchev–Trinajstić information content (AvgIpc) is 2.30. The first-order valence-electron chi connectivity index (χ1n) is 5.21. The largest absolute Gasteiger partial charge is 0.392 e. The summed E-state index contributed by atoms with van der Waals surface area (Å²) in [7, 11) is 0. The van der Waals surface area contributed by atoms with Gasteiger partial charge in [-0.05, 0) is 35.2 Å². The highest BCUT2D eigenvalue weighted by Crippen LogP contribution is 2.15. The molecular formula is C14H13ClO. The second-order valence-electron chi connectivity index (χ2n) is 3.78. The lowest BCUT2D eigenvalue weighted by Gasteiger charge is -2.03. The predicted octanol–water partition coefficient (Wildman–Crippen LogP) is 3.42. The summed E-state index contributed by atoms with van der Waals surface area (Å²) in [4.78, 5) is 0. The smallest absolute Gasteiger partial charge is 0.0681 e. The van der Waals surface area contributed by atoms with Gasteiger partial charge in [-0.3, -0.25) is 0 Å². The average molecular weight is 233 g/mol. The lowest BCUT2D eigenvalue weighted by molar-refractivity contribution is 0.282. The summed E-state index contributed by atoms with van der Waals surface area (Å²) in [6.07, 6.45) is 0.867. The summed E-state index contributed by atoms with van der Waals surface area (Å²) in [6, 6.07) is 15.8. The number of aliphatic hydroxyl groups is 1. The van der Waals surface area contributed by atoms with Gasteiger partial charge in [0.15, 0.2) is 0 Å². The third-order valence-corrected chi connectivity index (χ3v) is 2.74. The minimum atomic E-state index is 0.0947. The Kier molecular flexibility index (Phi) is 3.60. The standard InChI is InChI=1S/C14H13ClO/c15-14-3-1-2-13(9-14)8-11-4-6-12(10-16)7-5-11/h1-7,9,16H,8,10H2. The molecule has 2 aromatic carbocycles. The lowest BCUT2D eigenvalue weighted by Crippen LogP contribution is -1.89. The van der Waals surface area contributed by atoms with Crippen LogP contribution in [0.2, 0.25) is 5.02 Å². The van der Waals surface area contributed by atoms with Gasteiger partial charge in [-0.1, -0.05) is 48.0 Å². The molecule has 82 valence electrons. The van der Waals surface area contributed by atoms with Crippen LogP contribution < -0.4 is 0 Å². The molecule has 16 heavy (non-hydrogen) atoms. The normalized spacial score (nSPS) is 10.4. The summed E-state index contributed by atoms with van der Waals surface area (Å²) in [5.74, 6) is 0. The van der Waals surface area contributed by atoms with Crippen LogP contribution in [0.25, 0.3) is 0 Å². The van der Waals surface area contributed by atoms with E-state index in [1.54, 1.807) is 0 Å². The first-order valence-corrected chi connectivity index (χ1v) is 5.59. The SMILES string of the molecule is OCc1ccc(Cc2cccc(Cl)c2)cc1. The van der Waals surface area contributed by atoms with E-state index < -0.39 is 0 Å². The van der Waals surface area contributed by atoms with Gasteiger partial charge in [0.2, 0.25) is 0 Å². The maximum absolute atomic E-state index is 8.94. The van der Waals surface area contributed by atoms with E-state index in [0.29, 0.717) is 0 Å². The van der Waals surface area contributed by atoms with Crippen LogP contribution >= 0.6 is 11.6 Å². The Morgan fingerprint density at radius 2 is 1.56 bits per heavy atom. The van der Waals surface area contributed by atoms with Crippen molar-refractivity contribution in [3.63, 3.8) is 0 Å². The molecule has 2 heteroatoms. The van der Waals surface area contributed by atoms with E-state index in [0.717, 1.165) is 17.0 Å². The topological polar surface area (TPSA) is 20.2 Å². The summed E-state index contributed by atoms with van der Waals surface area (Å²) in [6.45, 7) is 0.0947. The van der Waals surface area contributed by atoms with Gasteiger partial charge in [-0.15, -0.1) is 0 Å². The van der Waals surface area contributed by atoms with Crippen molar-refractivity contribution in [1.82, 2.24) is 0 Å². The Labute approximate surface area is 100 Å². The van der Waals surface area contributed by atoms with Crippen LogP contribution in [0.5, 0.6) is 0 Å². The molecule has 2 rings (SSSR count). The molecular weight excluding hydrogens is 220 g/mol. The predicted molar refractivity (Wildman–Crippen MR) is 66.6 cm³/mol. The van der Waals surface area contributed by atoms with Gasteiger partial charge in [0.1, 0.15) is 0 Å². The highest BCUT2D eigenvalue weighted by Gasteiger charge is 1.97. The molecule has 0 saturated heterocycles. The molecule has 0 amide bonds. The Balaban J connectivity index is 2.14. The molecule has 0 heterocycles. The zero-order valence-corrected chi connectivity index (χ0v) is 9.61. The molecule has 0 unspecified atom stereocenters.